The van der Waals surface area contributed by atoms with Gasteiger partial charge in [-0.25, -0.2) is 4.98 Å². The highest BCUT2D eigenvalue weighted by Gasteiger charge is 2.21. The van der Waals surface area contributed by atoms with Gasteiger partial charge in [0.15, 0.2) is 0 Å². The van der Waals surface area contributed by atoms with Gasteiger partial charge in [0.1, 0.15) is 5.82 Å². The molecule has 0 N–H and O–H groups in total. The first-order chi connectivity index (χ1) is 7.66. The molecule has 0 bridgehead atoms. The zero-order valence-corrected chi connectivity index (χ0v) is 11.4. The van der Waals surface area contributed by atoms with Crippen molar-refractivity contribution in [2.75, 3.05) is 32.1 Å². The maximum atomic E-state index is 4.46. The summed E-state index contributed by atoms with van der Waals surface area (Å²) in [6.45, 7) is 2.21. The highest BCUT2D eigenvalue weighted by atomic mass is 79.9. The van der Waals surface area contributed by atoms with Gasteiger partial charge < -0.3 is 9.80 Å². The van der Waals surface area contributed by atoms with Crippen LogP contribution in [0.3, 0.4) is 0 Å². The molecule has 1 aromatic rings. The van der Waals surface area contributed by atoms with Crippen molar-refractivity contribution in [3.05, 3.63) is 22.8 Å². The van der Waals surface area contributed by atoms with Crippen LogP contribution in [-0.2, 0) is 0 Å². The Labute approximate surface area is 106 Å². The molecule has 0 aromatic carbocycles. The van der Waals surface area contributed by atoms with Gasteiger partial charge in [-0.1, -0.05) is 0 Å². The lowest BCUT2D eigenvalue weighted by molar-refractivity contribution is 0.257. The number of aromatic nitrogens is 1. The Bertz CT molecular complexity index is 337. The fourth-order valence-electron chi connectivity index (χ4n) is 2.14. The topological polar surface area (TPSA) is 19.4 Å². The lowest BCUT2D eigenvalue weighted by Crippen LogP contribution is -2.45. The maximum absolute atomic E-state index is 4.46. The van der Waals surface area contributed by atoms with Crippen LogP contribution in [0.25, 0.3) is 0 Å². The number of rotatable bonds is 2. The normalized spacial score (nSPS) is 21.5. The van der Waals surface area contributed by atoms with Crippen LogP contribution < -0.4 is 4.90 Å². The molecule has 1 aliphatic rings. The van der Waals surface area contributed by atoms with Crippen molar-refractivity contribution in [1.82, 2.24) is 9.88 Å². The largest absolute Gasteiger partial charge is 0.355 e. The molecular formula is C12H18BrN3. The minimum absolute atomic E-state index is 0.652. The van der Waals surface area contributed by atoms with E-state index in [1.54, 1.807) is 0 Å². The molecule has 4 heteroatoms. The van der Waals surface area contributed by atoms with Gasteiger partial charge in [0, 0.05) is 29.8 Å². The lowest BCUT2D eigenvalue weighted by atomic mass is 10.1. The summed E-state index contributed by atoms with van der Waals surface area (Å²) in [5.41, 5.74) is 0. The molecule has 0 spiro atoms. The molecule has 1 unspecified atom stereocenters. The van der Waals surface area contributed by atoms with Crippen molar-refractivity contribution in [2.45, 2.75) is 18.9 Å². The number of hydrogen-bond acceptors (Lipinski definition) is 3. The summed E-state index contributed by atoms with van der Waals surface area (Å²) in [5.74, 6) is 1.09. The Balaban J connectivity index is 2.06. The van der Waals surface area contributed by atoms with Crippen LogP contribution in [0.2, 0.25) is 0 Å². The zero-order chi connectivity index (χ0) is 11.5. The molecule has 16 heavy (non-hydrogen) atoms. The van der Waals surface area contributed by atoms with Crippen LogP contribution in [0.5, 0.6) is 0 Å². The molecule has 2 heterocycles. The number of anilines is 1. The Kier molecular flexibility index (Phi) is 3.82. The van der Waals surface area contributed by atoms with E-state index >= 15 is 0 Å². The van der Waals surface area contributed by atoms with Crippen molar-refractivity contribution in [1.29, 1.82) is 0 Å². The van der Waals surface area contributed by atoms with E-state index in [4.69, 9.17) is 0 Å². The summed E-state index contributed by atoms with van der Waals surface area (Å²) in [5, 5.41) is 0. The first-order valence-corrected chi connectivity index (χ1v) is 6.49. The molecule has 1 saturated heterocycles. The minimum atomic E-state index is 0.652. The molecule has 0 radical (unpaired) electrons. The summed E-state index contributed by atoms with van der Waals surface area (Å²) in [6.07, 6.45) is 4.41. The van der Waals surface area contributed by atoms with E-state index in [1.165, 1.54) is 12.8 Å². The lowest BCUT2D eigenvalue weighted by Gasteiger charge is -2.36. The summed E-state index contributed by atoms with van der Waals surface area (Å²) < 4.78 is 1.04. The van der Waals surface area contributed by atoms with Crippen LogP contribution in [0.4, 0.5) is 5.82 Å². The Morgan fingerprint density at radius 1 is 1.44 bits per heavy atom. The van der Waals surface area contributed by atoms with Crippen LogP contribution in [-0.4, -0.2) is 43.1 Å². The first kappa shape index (κ1) is 11.9. The van der Waals surface area contributed by atoms with Gasteiger partial charge in [-0.15, -0.1) is 0 Å². The smallest absolute Gasteiger partial charge is 0.128 e. The van der Waals surface area contributed by atoms with Crippen LogP contribution in [0.1, 0.15) is 12.8 Å². The van der Waals surface area contributed by atoms with E-state index in [9.17, 15) is 0 Å². The summed E-state index contributed by atoms with van der Waals surface area (Å²) in [7, 11) is 4.31. The highest BCUT2D eigenvalue weighted by molar-refractivity contribution is 9.10. The number of pyridine rings is 1. The summed E-state index contributed by atoms with van der Waals surface area (Å²) >= 11 is 3.42. The van der Waals surface area contributed by atoms with Gasteiger partial charge in [-0.2, -0.15) is 0 Å². The third-order valence-electron chi connectivity index (χ3n) is 3.16. The van der Waals surface area contributed by atoms with E-state index < -0.39 is 0 Å². The molecule has 1 atom stereocenters. The SMILES string of the molecule is CN(C)C1CCCN(c2ccc(Br)cn2)C1. The molecule has 2 rings (SSSR count). The molecule has 3 nitrogen and oxygen atoms in total. The predicted octanol–water partition coefficient (Wildman–Crippen LogP) is 2.37. The Morgan fingerprint density at radius 2 is 2.25 bits per heavy atom. The van der Waals surface area contributed by atoms with Gasteiger partial charge >= 0.3 is 0 Å². The van der Waals surface area contributed by atoms with Gasteiger partial charge in [0.2, 0.25) is 0 Å². The number of piperidine rings is 1. The highest BCUT2D eigenvalue weighted by Crippen LogP contribution is 2.20. The fraction of sp³-hybridized carbons (Fsp3) is 0.583. The quantitative estimate of drug-likeness (QED) is 0.831. The van der Waals surface area contributed by atoms with E-state index in [-0.39, 0.29) is 0 Å². The summed E-state index contributed by atoms with van der Waals surface area (Å²) in [4.78, 5) is 9.14. The van der Waals surface area contributed by atoms with E-state index in [0.717, 1.165) is 23.4 Å². The third kappa shape index (κ3) is 2.74. The fourth-order valence-corrected chi connectivity index (χ4v) is 2.37. The predicted molar refractivity (Wildman–Crippen MR) is 70.9 cm³/mol. The van der Waals surface area contributed by atoms with Gasteiger partial charge in [-0.05, 0) is 55.0 Å². The molecule has 1 fully saturated rings. The average Bonchev–Trinajstić information content (AvgIpc) is 2.30. The average molecular weight is 284 g/mol. The number of halogens is 1. The van der Waals surface area contributed by atoms with Crippen molar-refractivity contribution in [2.24, 2.45) is 0 Å². The third-order valence-corrected chi connectivity index (χ3v) is 3.63. The number of nitrogens with zero attached hydrogens (tertiary/aromatic N) is 3. The van der Waals surface area contributed by atoms with Crippen LogP contribution >= 0.6 is 15.9 Å². The molecule has 88 valence electrons. The van der Waals surface area contributed by atoms with Crippen LogP contribution in [0.15, 0.2) is 22.8 Å². The molecule has 1 aromatic heterocycles. The second kappa shape index (κ2) is 5.15. The zero-order valence-electron chi connectivity index (χ0n) is 9.86. The second-order valence-corrected chi connectivity index (χ2v) is 5.46. The number of hydrogen-bond donors (Lipinski definition) is 0. The van der Waals surface area contributed by atoms with Crippen molar-refractivity contribution < 1.29 is 0 Å². The molecule has 0 aliphatic carbocycles. The molecule has 0 amide bonds. The maximum Gasteiger partial charge on any atom is 0.128 e. The van der Waals surface area contributed by atoms with E-state index in [0.29, 0.717) is 6.04 Å². The standard InChI is InChI=1S/C12H18BrN3/c1-15(2)11-4-3-7-16(9-11)12-6-5-10(13)8-14-12/h5-6,8,11H,3-4,7,9H2,1-2H3. The van der Waals surface area contributed by atoms with E-state index in [1.807, 2.05) is 6.20 Å². The van der Waals surface area contributed by atoms with Crippen LogP contribution in [0, 0.1) is 0 Å². The van der Waals surface area contributed by atoms with E-state index in [2.05, 4.69) is 56.9 Å². The van der Waals surface area contributed by atoms with Gasteiger partial charge in [0.25, 0.3) is 0 Å². The molecular weight excluding hydrogens is 266 g/mol. The van der Waals surface area contributed by atoms with Gasteiger partial charge in [-0.3, -0.25) is 0 Å². The first-order valence-electron chi connectivity index (χ1n) is 5.70. The number of likely N-dealkylation sites (N-methyl/N-ethyl adjacent to an activating group) is 1. The minimum Gasteiger partial charge on any atom is -0.355 e. The monoisotopic (exact) mass is 283 g/mol. The Morgan fingerprint density at radius 3 is 2.88 bits per heavy atom. The molecule has 1 aliphatic heterocycles. The van der Waals surface area contributed by atoms with Gasteiger partial charge in [0.05, 0.1) is 0 Å². The Hall–Kier alpha value is -0.610. The summed E-state index contributed by atoms with van der Waals surface area (Å²) in [6, 6.07) is 4.79. The van der Waals surface area contributed by atoms with Crippen molar-refractivity contribution >= 4 is 21.7 Å². The van der Waals surface area contributed by atoms with Crippen molar-refractivity contribution in [3.8, 4) is 0 Å². The molecule has 0 saturated carbocycles. The van der Waals surface area contributed by atoms with Crippen molar-refractivity contribution in [3.63, 3.8) is 0 Å². The second-order valence-electron chi connectivity index (χ2n) is 4.54.